The molecule has 0 spiro atoms. The quantitative estimate of drug-likeness (QED) is 0.162. The van der Waals surface area contributed by atoms with Crippen LogP contribution < -0.4 is 0 Å². The molecule has 4 nitrogen and oxygen atoms in total. The molecular formula is C47H49IrN4-. The molecule has 1 aliphatic carbocycles. The third-order valence-corrected chi connectivity index (χ3v) is 10.5. The van der Waals surface area contributed by atoms with Gasteiger partial charge in [0.25, 0.3) is 0 Å². The van der Waals surface area contributed by atoms with Crippen LogP contribution in [0.4, 0.5) is 0 Å². The Balaban J connectivity index is 0.00000464. The molecule has 0 bridgehead atoms. The average molecular weight is 862 g/mol. The van der Waals surface area contributed by atoms with E-state index in [1.54, 1.807) is 0 Å². The maximum Gasteiger partial charge on any atom is 0.164 e. The van der Waals surface area contributed by atoms with Gasteiger partial charge in [0.1, 0.15) is 0 Å². The van der Waals surface area contributed by atoms with Gasteiger partial charge in [0.2, 0.25) is 0 Å². The molecule has 267 valence electrons. The van der Waals surface area contributed by atoms with Crippen molar-refractivity contribution in [2.75, 3.05) is 0 Å². The second kappa shape index (κ2) is 13.6. The van der Waals surface area contributed by atoms with Gasteiger partial charge in [-0.05, 0) is 56.0 Å². The van der Waals surface area contributed by atoms with Crippen LogP contribution in [-0.2, 0) is 41.8 Å². The number of aromatic nitrogens is 4. The molecule has 2 aromatic heterocycles. The third-order valence-electron chi connectivity index (χ3n) is 10.5. The largest absolute Gasteiger partial charge is 0.304 e. The van der Waals surface area contributed by atoms with Crippen LogP contribution in [0.5, 0.6) is 0 Å². The normalized spacial score (nSPS) is 14.8. The summed E-state index contributed by atoms with van der Waals surface area (Å²) in [6.07, 6.45) is 3.10. The molecule has 6 aromatic rings. The van der Waals surface area contributed by atoms with Crippen LogP contribution in [0.2, 0.25) is 0 Å². The van der Waals surface area contributed by atoms with Crippen LogP contribution in [0, 0.1) is 6.07 Å². The number of benzene rings is 4. The van der Waals surface area contributed by atoms with Crippen molar-refractivity contribution in [1.29, 1.82) is 0 Å². The topological polar surface area (TPSA) is 51.6 Å². The Kier molecular flexibility index (Phi) is 9.79. The van der Waals surface area contributed by atoms with Crippen LogP contribution in [0.15, 0.2) is 103 Å². The van der Waals surface area contributed by atoms with E-state index in [2.05, 4.69) is 172 Å². The fourth-order valence-electron chi connectivity index (χ4n) is 7.59. The second-order valence-electron chi connectivity index (χ2n) is 17.6. The molecule has 0 saturated carbocycles. The molecule has 7 rings (SSSR count). The van der Waals surface area contributed by atoms with Gasteiger partial charge in [-0.2, -0.15) is 0 Å². The van der Waals surface area contributed by atoms with E-state index in [-0.39, 0.29) is 41.8 Å². The van der Waals surface area contributed by atoms with Crippen molar-refractivity contribution in [3.05, 3.63) is 132 Å². The van der Waals surface area contributed by atoms with Gasteiger partial charge in [0, 0.05) is 43.0 Å². The van der Waals surface area contributed by atoms with Gasteiger partial charge in [0.15, 0.2) is 17.5 Å². The first-order valence-electron chi connectivity index (χ1n) is 18.1. The van der Waals surface area contributed by atoms with Crippen LogP contribution in [0.3, 0.4) is 0 Å². The molecule has 1 aliphatic rings. The molecule has 0 amide bonds. The zero-order valence-corrected chi connectivity index (χ0v) is 34.5. The van der Waals surface area contributed by atoms with E-state index in [4.69, 9.17) is 19.9 Å². The van der Waals surface area contributed by atoms with Crippen molar-refractivity contribution < 1.29 is 20.1 Å². The molecule has 5 heteroatoms. The molecule has 0 saturated heterocycles. The van der Waals surface area contributed by atoms with E-state index < -0.39 is 0 Å². The molecule has 52 heavy (non-hydrogen) atoms. The predicted octanol–water partition coefficient (Wildman–Crippen LogP) is 12.0. The van der Waals surface area contributed by atoms with Gasteiger partial charge in [-0.1, -0.05) is 154 Å². The Morgan fingerprint density at radius 2 is 0.923 bits per heavy atom. The summed E-state index contributed by atoms with van der Waals surface area (Å²) in [6, 6.07) is 37.9. The third kappa shape index (κ3) is 7.45. The zero-order chi connectivity index (χ0) is 36.3. The van der Waals surface area contributed by atoms with Gasteiger partial charge < -0.3 is 4.98 Å². The first-order valence-corrected chi connectivity index (χ1v) is 18.1. The van der Waals surface area contributed by atoms with Crippen LogP contribution >= 0.6 is 0 Å². The molecular weight excluding hydrogens is 813 g/mol. The van der Waals surface area contributed by atoms with Crippen LogP contribution in [-0.4, -0.2) is 19.9 Å². The van der Waals surface area contributed by atoms with E-state index >= 15 is 0 Å². The second-order valence-corrected chi connectivity index (χ2v) is 17.6. The Morgan fingerprint density at radius 3 is 1.35 bits per heavy atom. The fourth-order valence-corrected chi connectivity index (χ4v) is 7.59. The summed E-state index contributed by atoms with van der Waals surface area (Å²) in [4.78, 5) is 19.9. The van der Waals surface area contributed by atoms with Crippen molar-refractivity contribution in [3.8, 4) is 56.5 Å². The van der Waals surface area contributed by atoms with E-state index in [1.165, 1.54) is 22.3 Å². The first-order chi connectivity index (χ1) is 24.0. The van der Waals surface area contributed by atoms with E-state index in [9.17, 15) is 0 Å². The first kappa shape index (κ1) is 37.4. The van der Waals surface area contributed by atoms with Crippen molar-refractivity contribution in [2.24, 2.45) is 0 Å². The van der Waals surface area contributed by atoms with Gasteiger partial charge >= 0.3 is 0 Å². The molecule has 0 fully saturated rings. The summed E-state index contributed by atoms with van der Waals surface area (Å²) in [6.45, 7) is 22.7. The summed E-state index contributed by atoms with van der Waals surface area (Å²) >= 11 is 0. The minimum atomic E-state index is 0. The summed E-state index contributed by atoms with van der Waals surface area (Å²) in [5.41, 5.74) is 12.8. The Hall–Kier alpha value is -4.31. The zero-order valence-electron chi connectivity index (χ0n) is 32.1. The minimum absolute atomic E-state index is 0. The summed E-state index contributed by atoms with van der Waals surface area (Å²) < 4.78 is 0. The molecule has 0 atom stereocenters. The average Bonchev–Trinajstić information content (AvgIpc) is 3.29. The predicted molar refractivity (Wildman–Crippen MR) is 212 cm³/mol. The fraction of sp³-hybridized carbons (Fsp3) is 0.319. The summed E-state index contributed by atoms with van der Waals surface area (Å²) in [5, 5.41) is 0. The number of nitrogens with zero attached hydrogens (tertiary/aromatic N) is 4. The van der Waals surface area contributed by atoms with Gasteiger partial charge in [-0.25, -0.2) is 15.0 Å². The van der Waals surface area contributed by atoms with E-state index in [0.29, 0.717) is 17.5 Å². The molecule has 1 radical (unpaired) electrons. The van der Waals surface area contributed by atoms with Gasteiger partial charge in [0.05, 0.1) is 0 Å². The molecule has 0 unspecified atom stereocenters. The maximum absolute atomic E-state index is 5.00. The van der Waals surface area contributed by atoms with Crippen molar-refractivity contribution >= 4 is 0 Å². The Morgan fingerprint density at radius 1 is 0.519 bits per heavy atom. The number of pyridine rings is 1. The SMILES string of the molecule is CC(C)(C)c1ccc(-c2nc(-c3ccc(-c4ccc(-c5[c-]cc6c(c5)C(C)(C)CC6(C)C)nc4)cc3)nc(-c3ccc(C(C)(C)C)cc3)n2)cc1.[Ir]. The molecule has 0 N–H and O–H groups in total. The van der Waals surface area contributed by atoms with Gasteiger partial charge in [-0.3, -0.25) is 0 Å². The Labute approximate surface area is 324 Å². The summed E-state index contributed by atoms with van der Waals surface area (Å²) in [5.74, 6) is 1.97. The van der Waals surface area contributed by atoms with Crippen molar-refractivity contribution in [1.82, 2.24) is 19.9 Å². The van der Waals surface area contributed by atoms with E-state index in [0.717, 1.165) is 45.5 Å². The summed E-state index contributed by atoms with van der Waals surface area (Å²) in [7, 11) is 0. The number of fused-ring (bicyclic) bond motifs is 1. The Bertz CT molecular complexity index is 2120. The molecule has 0 aliphatic heterocycles. The van der Waals surface area contributed by atoms with Crippen LogP contribution in [0.25, 0.3) is 56.5 Å². The number of rotatable bonds is 5. The standard InChI is InChI=1S/C47H49N4.Ir/c1-44(2,3)36-21-15-32(16-22-36)42-49-41(50-43(51-42)33-17-23-37(24-18-33)45(4,5)6)31-13-11-30(12-14-31)35-20-26-40(48-28-35)34-19-25-38-39(27-34)47(9,10)29-46(38,7)8;/h11-18,20-28H,29H2,1-10H3;/q-1;. The van der Waals surface area contributed by atoms with Crippen LogP contribution in [0.1, 0.15) is 97.9 Å². The minimum Gasteiger partial charge on any atom is -0.304 e. The van der Waals surface area contributed by atoms with Crippen molar-refractivity contribution in [3.63, 3.8) is 0 Å². The smallest absolute Gasteiger partial charge is 0.164 e. The monoisotopic (exact) mass is 862 g/mol. The van der Waals surface area contributed by atoms with E-state index in [1.807, 2.05) is 6.20 Å². The number of hydrogen-bond donors (Lipinski definition) is 0. The maximum atomic E-state index is 5.00. The molecule has 2 heterocycles. The van der Waals surface area contributed by atoms with Gasteiger partial charge in [-0.15, -0.1) is 34.9 Å². The number of hydrogen-bond acceptors (Lipinski definition) is 4. The van der Waals surface area contributed by atoms with Crippen molar-refractivity contribution in [2.45, 2.75) is 97.3 Å². The molecule has 4 aromatic carbocycles.